The molecular weight excluding hydrogens is 348 g/mol. The average molecular weight is 383 g/mol. The van der Waals surface area contributed by atoms with Crippen molar-refractivity contribution in [3.63, 3.8) is 0 Å². The largest absolute Gasteiger partial charge is 0.344 e. The van der Waals surface area contributed by atoms with Gasteiger partial charge in [0.2, 0.25) is 11.8 Å². The second kappa shape index (κ2) is 7.53. The van der Waals surface area contributed by atoms with Crippen molar-refractivity contribution in [1.82, 2.24) is 10.2 Å². The van der Waals surface area contributed by atoms with Crippen molar-refractivity contribution in [2.45, 2.75) is 65.0 Å². The minimum Gasteiger partial charge on any atom is -0.344 e. The zero-order chi connectivity index (χ0) is 19.9. The third kappa shape index (κ3) is 3.70. The SMILES string of the molecule is CC(C)[C@@H](NC(=O)C12CC3CC(CC(C3)C1)C2)C(=O)N(C)Cc1ccccc1. The summed E-state index contributed by atoms with van der Waals surface area (Å²) in [5.74, 6) is 2.41. The first kappa shape index (κ1) is 19.5. The molecule has 152 valence electrons. The number of hydrogen-bond acceptors (Lipinski definition) is 2. The van der Waals surface area contributed by atoms with Crippen LogP contribution in [-0.2, 0) is 16.1 Å². The van der Waals surface area contributed by atoms with E-state index in [0.717, 1.165) is 42.6 Å². The zero-order valence-corrected chi connectivity index (χ0v) is 17.5. The fourth-order valence-electron chi connectivity index (χ4n) is 6.37. The van der Waals surface area contributed by atoms with Gasteiger partial charge in [0.25, 0.3) is 0 Å². The molecular formula is C24H34N2O2. The summed E-state index contributed by atoms with van der Waals surface area (Å²) in [5, 5.41) is 3.21. The first-order valence-corrected chi connectivity index (χ1v) is 11.0. The Hall–Kier alpha value is -1.84. The normalized spacial score (nSPS) is 31.6. The predicted molar refractivity (Wildman–Crippen MR) is 110 cm³/mol. The molecule has 1 N–H and O–H groups in total. The Kier molecular flexibility index (Phi) is 5.24. The number of rotatable bonds is 6. The Bertz CT molecular complexity index is 692. The lowest BCUT2D eigenvalue weighted by atomic mass is 9.49. The van der Waals surface area contributed by atoms with Crippen LogP contribution < -0.4 is 5.32 Å². The standard InChI is InChI=1S/C24H34N2O2/c1-16(2)21(22(27)26(3)15-17-7-5-4-6-8-17)25-23(28)24-12-18-9-19(13-24)11-20(10-18)14-24/h4-8,16,18-21H,9-15H2,1-3H3,(H,25,28)/t18?,19?,20?,21-,24?/m1/s1. The first-order chi connectivity index (χ1) is 13.4. The van der Waals surface area contributed by atoms with E-state index in [1.165, 1.54) is 19.3 Å². The number of likely N-dealkylation sites (N-methyl/N-ethyl adjacent to an activating group) is 1. The predicted octanol–water partition coefficient (Wildman–Crippen LogP) is 4.00. The van der Waals surface area contributed by atoms with E-state index >= 15 is 0 Å². The summed E-state index contributed by atoms with van der Waals surface area (Å²) in [6.45, 7) is 4.62. The molecule has 28 heavy (non-hydrogen) atoms. The topological polar surface area (TPSA) is 49.4 Å². The molecule has 4 bridgehead atoms. The van der Waals surface area contributed by atoms with Crippen LogP contribution >= 0.6 is 0 Å². The van der Waals surface area contributed by atoms with E-state index in [2.05, 4.69) is 5.32 Å². The van der Waals surface area contributed by atoms with Gasteiger partial charge in [-0.25, -0.2) is 0 Å². The van der Waals surface area contributed by atoms with Crippen molar-refractivity contribution < 1.29 is 9.59 Å². The summed E-state index contributed by atoms with van der Waals surface area (Å²) >= 11 is 0. The maximum absolute atomic E-state index is 13.4. The van der Waals surface area contributed by atoms with Crippen LogP contribution in [0.15, 0.2) is 30.3 Å². The highest BCUT2D eigenvalue weighted by Crippen LogP contribution is 2.60. The van der Waals surface area contributed by atoms with Crippen molar-refractivity contribution >= 4 is 11.8 Å². The Balaban J connectivity index is 1.44. The molecule has 1 aromatic rings. The molecule has 0 aromatic heterocycles. The maximum Gasteiger partial charge on any atom is 0.245 e. The molecule has 4 nitrogen and oxygen atoms in total. The second-order valence-corrected chi connectivity index (χ2v) is 10.1. The van der Waals surface area contributed by atoms with Crippen LogP contribution in [0.5, 0.6) is 0 Å². The summed E-state index contributed by atoms with van der Waals surface area (Å²) in [6, 6.07) is 9.57. The molecule has 4 saturated carbocycles. The highest BCUT2D eigenvalue weighted by Gasteiger charge is 2.55. The van der Waals surface area contributed by atoms with Gasteiger partial charge < -0.3 is 10.2 Å². The Labute approximate surface area is 169 Å². The summed E-state index contributed by atoms with van der Waals surface area (Å²) < 4.78 is 0. The molecule has 4 aliphatic carbocycles. The van der Waals surface area contributed by atoms with Gasteiger partial charge in [0.1, 0.15) is 6.04 Å². The minimum absolute atomic E-state index is 0.0110. The van der Waals surface area contributed by atoms with E-state index in [1.54, 1.807) is 4.90 Å². The fourth-order valence-corrected chi connectivity index (χ4v) is 6.37. The lowest BCUT2D eigenvalue weighted by Crippen LogP contribution is -2.58. The molecule has 0 radical (unpaired) electrons. The van der Waals surface area contributed by atoms with Gasteiger partial charge in [-0.2, -0.15) is 0 Å². The molecule has 0 heterocycles. The van der Waals surface area contributed by atoms with Crippen LogP contribution in [0.25, 0.3) is 0 Å². The number of amides is 2. The van der Waals surface area contributed by atoms with Crippen LogP contribution in [0.4, 0.5) is 0 Å². The van der Waals surface area contributed by atoms with Crippen LogP contribution in [0.2, 0.25) is 0 Å². The van der Waals surface area contributed by atoms with Gasteiger partial charge >= 0.3 is 0 Å². The average Bonchev–Trinajstić information content (AvgIpc) is 2.64. The van der Waals surface area contributed by atoms with Crippen molar-refractivity contribution in [3.05, 3.63) is 35.9 Å². The lowest BCUT2D eigenvalue weighted by Gasteiger charge is -2.56. The van der Waals surface area contributed by atoms with Crippen molar-refractivity contribution in [1.29, 1.82) is 0 Å². The highest BCUT2D eigenvalue weighted by molar-refractivity contribution is 5.90. The van der Waals surface area contributed by atoms with Crippen molar-refractivity contribution in [3.8, 4) is 0 Å². The maximum atomic E-state index is 13.4. The molecule has 0 unspecified atom stereocenters. The number of nitrogens with one attached hydrogen (secondary N) is 1. The van der Waals surface area contributed by atoms with E-state index < -0.39 is 6.04 Å². The van der Waals surface area contributed by atoms with E-state index in [-0.39, 0.29) is 23.1 Å². The summed E-state index contributed by atoms with van der Waals surface area (Å²) in [5.41, 5.74) is 0.897. The summed E-state index contributed by atoms with van der Waals surface area (Å²) in [4.78, 5) is 28.3. The summed E-state index contributed by atoms with van der Waals surface area (Å²) in [6.07, 6.45) is 7.05. The quantitative estimate of drug-likeness (QED) is 0.808. The van der Waals surface area contributed by atoms with Gasteiger partial charge in [0, 0.05) is 19.0 Å². The Morgan fingerprint density at radius 1 is 1.04 bits per heavy atom. The molecule has 2 amide bonds. The number of hydrogen-bond donors (Lipinski definition) is 1. The Morgan fingerprint density at radius 3 is 2.07 bits per heavy atom. The van der Waals surface area contributed by atoms with Gasteiger partial charge in [0.05, 0.1) is 0 Å². The van der Waals surface area contributed by atoms with E-state index in [4.69, 9.17) is 0 Å². The third-order valence-corrected chi connectivity index (χ3v) is 7.38. The molecule has 1 aromatic carbocycles. The van der Waals surface area contributed by atoms with Gasteiger partial charge in [0.15, 0.2) is 0 Å². The molecule has 5 rings (SSSR count). The van der Waals surface area contributed by atoms with E-state index in [0.29, 0.717) is 6.54 Å². The third-order valence-electron chi connectivity index (χ3n) is 7.38. The van der Waals surface area contributed by atoms with E-state index in [9.17, 15) is 9.59 Å². The first-order valence-electron chi connectivity index (χ1n) is 11.0. The van der Waals surface area contributed by atoms with Gasteiger partial charge in [-0.1, -0.05) is 44.2 Å². The molecule has 4 heteroatoms. The molecule has 1 atom stereocenters. The van der Waals surface area contributed by atoms with Crippen molar-refractivity contribution in [2.75, 3.05) is 7.05 Å². The second-order valence-electron chi connectivity index (χ2n) is 10.1. The Morgan fingerprint density at radius 2 is 1.57 bits per heavy atom. The van der Waals surface area contributed by atoms with Crippen LogP contribution in [0.3, 0.4) is 0 Å². The monoisotopic (exact) mass is 382 g/mol. The smallest absolute Gasteiger partial charge is 0.245 e. The zero-order valence-electron chi connectivity index (χ0n) is 17.5. The number of nitrogens with zero attached hydrogens (tertiary/aromatic N) is 1. The molecule has 0 aliphatic heterocycles. The van der Waals surface area contributed by atoms with Crippen LogP contribution in [0, 0.1) is 29.1 Å². The van der Waals surface area contributed by atoms with E-state index in [1.807, 2.05) is 51.2 Å². The lowest BCUT2D eigenvalue weighted by molar-refractivity contribution is -0.150. The fraction of sp³-hybridized carbons (Fsp3) is 0.667. The molecule has 0 spiro atoms. The molecule has 4 fully saturated rings. The highest BCUT2D eigenvalue weighted by atomic mass is 16.2. The van der Waals surface area contributed by atoms with Gasteiger partial charge in [-0.15, -0.1) is 0 Å². The minimum atomic E-state index is -0.450. The van der Waals surface area contributed by atoms with Gasteiger partial charge in [-0.3, -0.25) is 9.59 Å². The molecule has 0 saturated heterocycles. The summed E-state index contributed by atoms with van der Waals surface area (Å²) in [7, 11) is 1.83. The molecule has 4 aliphatic rings. The number of carbonyl (C=O) groups is 2. The number of benzene rings is 1. The van der Waals surface area contributed by atoms with Crippen LogP contribution in [-0.4, -0.2) is 29.8 Å². The number of carbonyl (C=O) groups excluding carboxylic acids is 2. The van der Waals surface area contributed by atoms with Gasteiger partial charge in [-0.05, 0) is 67.8 Å². The van der Waals surface area contributed by atoms with Crippen LogP contribution in [0.1, 0.15) is 57.9 Å². The van der Waals surface area contributed by atoms with Crippen molar-refractivity contribution in [2.24, 2.45) is 29.1 Å².